The number of ether oxygens (including phenoxy) is 1. The van der Waals surface area contributed by atoms with E-state index in [1.165, 1.54) is 6.42 Å². The summed E-state index contributed by atoms with van der Waals surface area (Å²) in [6.07, 6.45) is 7.74. The van der Waals surface area contributed by atoms with Crippen LogP contribution in [-0.2, 0) is 0 Å². The van der Waals surface area contributed by atoms with Gasteiger partial charge < -0.3 is 10.1 Å². The summed E-state index contributed by atoms with van der Waals surface area (Å²) in [6.45, 7) is 2.85. The number of anilines is 1. The molecule has 0 aliphatic carbocycles. The lowest BCUT2D eigenvalue weighted by Gasteiger charge is -2.07. The van der Waals surface area contributed by atoms with Crippen LogP contribution in [-0.4, -0.2) is 13.7 Å². The monoisotopic (exact) mass is 219 g/mol. The van der Waals surface area contributed by atoms with Crippen molar-refractivity contribution in [1.82, 2.24) is 0 Å². The van der Waals surface area contributed by atoms with Crippen LogP contribution in [0.1, 0.15) is 26.2 Å². The van der Waals surface area contributed by atoms with Gasteiger partial charge in [0, 0.05) is 18.8 Å². The molecule has 0 saturated heterocycles. The van der Waals surface area contributed by atoms with Gasteiger partial charge in [-0.15, -0.1) is 0 Å². The maximum atomic E-state index is 5.66. The highest BCUT2D eigenvalue weighted by Crippen LogP contribution is 2.16. The minimum Gasteiger partial charge on any atom is -0.494 e. The molecule has 0 aliphatic heterocycles. The summed E-state index contributed by atoms with van der Waals surface area (Å²) < 4.78 is 5.66. The molecule has 1 aromatic carbocycles. The van der Waals surface area contributed by atoms with Crippen LogP contribution in [0.25, 0.3) is 0 Å². The lowest BCUT2D eigenvalue weighted by Crippen LogP contribution is -1.97. The fraction of sp³-hybridized carbons (Fsp3) is 0.429. The van der Waals surface area contributed by atoms with Crippen LogP contribution >= 0.6 is 0 Å². The summed E-state index contributed by atoms with van der Waals surface area (Å²) in [6, 6.07) is 8.04. The van der Waals surface area contributed by atoms with E-state index in [-0.39, 0.29) is 0 Å². The largest absolute Gasteiger partial charge is 0.494 e. The first-order valence-electron chi connectivity index (χ1n) is 5.88. The van der Waals surface area contributed by atoms with E-state index in [4.69, 9.17) is 4.74 Å². The van der Waals surface area contributed by atoms with Crippen LogP contribution in [0.5, 0.6) is 5.75 Å². The Kier molecular flexibility index (Phi) is 6.16. The molecule has 0 heterocycles. The van der Waals surface area contributed by atoms with Gasteiger partial charge in [-0.2, -0.15) is 0 Å². The first-order valence-corrected chi connectivity index (χ1v) is 5.88. The molecule has 0 unspecified atom stereocenters. The number of unbranched alkanes of at least 4 members (excludes halogenated alkanes) is 2. The van der Waals surface area contributed by atoms with Gasteiger partial charge in [0.1, 0.15) is 5.75 Å². The molecule has 0 saturated carbocycles. The van der Waals surface area contributed by atoms with Crippen molar-refractivity contribution < 1.29 is 4.74 Å². The van der Waals surface area contributed by atoms with E-state index in [2.05, 4.69) is 24.4 Å². The highest BCUT2D eigenvalue weighted by atomic mass is 16.5. The average Bonchev–Trinajstić information content (AvgIpc) is 2.34. The van der Waals surface area contributed by atoms with Crippen molar-refractivity contribution in [2.24, 2.45) is 0 Å². The fourth-order valence-electron chi connectivity index (χ4n) is 1.46. The molecule has 0 aromatic heterocycles. The van der Waals surface area contributed by atoms with E-state index >= 15 is 0 Å². The Labute approximate surface area is 98.3 Å². The predicted molar refractivity (Wildman–Crippen MR) is 70.1 cm³/mol. The molecule has 0 radical (unpaired) electrons. The molecule has 1 N–H and O–H groups in total. The van der Waals surface area contributed by atoms with Gasteiger partial charge in [0.15, 0.2) is 0 Å². The van der Waals surface area contributed by atoms with Gasteiger partial charge in [-0.3, -0.25) is 0 Å². The SMILES string of the molecule is CC=CCCCCOc1cccc(NC)c1. The molecule has 0 spiro atoms. The molecule has 1 rings (SSSR count). The molecular weight excluding hydrogens is 198 g/mol. The number of hydrogen-bond donors (Lipinski definition) is 1. The van der Waals surface area contributed by atoms with Gasteiger partial charge in [0.2, 0.25) is 0 Å². The Morgan fingerprint density at radius 3 is 2.94 bits per heavy atom. The summed E-state index contributed by atoms with van der Waals surface area (Å²) in [7, 11) is 1.91. The molecule has 1 aromatic rings. The molecule has 0 fully saturated rings. The Morgan fingerprint density at radius 2 is 2.19 bits per heavy atom. The van der Waals surface area contributed by atoms with Crippen LogP contribution in [0.15, 0.2) is 36.4 Å². The van der Waals surface area contributed by atoms with Gasteiger partial charge in [-0.05, 0) is 38.3 Å². The average molecular weight is 219 g/mol. The Hall–Kier alpha value is -1.44. The van der Waals surface area contributed by atoms with Crippen molar-refractivity contribution in [2.75, 3.05) is 19.0 Å². The molecule has 0 atom stereocenters. The van der Waals surface area contributed by atoms with Crippen molar-refractivity contribution >= 4 is 5.69 Å². The zero-order valence-corrected chi connectivity index (χ0v) is 10.2. The predicted octanol–water partition coefficient (Wildman–Crippen LogP) is 3.85. The highest BCUT2D eigenvalue weighted by Gasteiger charge is 1.94. The van der Waals surface area contributed by atoms with Gasteiger partial charge in [0.25, 0.3) is 0 Å². The summed E-state index contributed by atoms with van der Waals surface area (Å²) in [4.78, 5) is 0. The van der Waals surface area contributed by atoms with Crippen LogP contribution in [0.2, 0.25) is 0 Å². The highest BCUT2D eigenvalue weighted by molar-refractivity contribution is 5.47. The van der Waals surface area contributed by atoms with E-state index in [1.807, 2.05) is 31.3 Å². The van der Waals surface area contributed by atoms with Gasteiger partial charge in [0.05, 0.1) is 6.61 Å². The van der Waals surface area contributed by atoms with E-state index < -0.39 is 0 Å². The third-order valence-corrected chi connectivity index (χ3v) is 2.39. The number of rotatable bonds is 7. The zero-order chi connectivity index (χ0) is 11.6. The smallest absolute Gasteiger partial charge is 0.121 e. The second kappa shape index (κ2) is 7.80. The summed E-state index contributed by atoms with van der Waals surface area (Å²) in [5, 5.41) is 3.10. The Morgan fingerprint density at radius 1 is 1.31 bits per heavy atom. The molecule has 88 valence electrons. The minimum absolute atomic E-state index is 0.796. The van der Waals surface area contributed by atoms with Gasteiger partial charge in [-0.25, -0.2) is 0 Å². The van der Waals surface area contributed by atoms with E-state index in [0.717, 1.165) is 30.9 Å². The normalized spacial score (nSPS) is 10.6. The van der Waals surface area contributed by atoms with Crippen molar-refractivity contribution in [3.8, 4) is 5.75 Å². The number of benzene rings is 1. The lowest BCUT2D eigenvalue weighted by molar-refractivity contribution is 0.307. The molecule has 0 aliphatic rings. The minimum atomic E-state index is 0.796. The number of hydrogen-bond acceptors (Lipinski definition) is 2. The first-order chi connectivity index (χ1) is 7.86. The second-order valence-electron chi connectivity index (χ2n) is 3.69. The van der Waals surface area contributed by atoms with E-state index in [1.54, 1.807) is 0 Å². The quantitative estimate of drug-likeness (QED) is 0.555. The molecule has 0 amide bonds. The molecule has 2 heteroatoms. The van der Waals surface area contributed by atoms with Crippen molar-refractivity contribution in [3.63, 3.8) is 0 Å². The standard InChI is InChI=1S/C14H21NO/c1-3-4-5-6-7-11-16-14-10-8-9-13(12-14)15-2/h3-4,8-10,12,15H,5-7,11H2,1-2H3. The summed E-state index contributed by atoms with van der Waals surface area (Å²) in [5.41, 5.74) is 1.09. The number of nitrogens with one attached hydrogen (secondary N) is 1. The topological polar surface area (TPSA) is 21.3 Å². The summed E-state index contributed by atoms with van der Waals surface area (Å²) >= 11 is 0. The third-order valence-electron chi connectivity index (χ3n) is 2.39. The fourth-order valence-corrected chi connectivity index (χ4v) is 1.46. The molecular formula is C14H21NO. The zero-order valence-electron chi connectivity index (χ0n) is 10.2. The van der Waals surface area contributed by atoms with Crippen LogP contribution < -0.4 is 10.1 Å². The molecule has 16 heavy (non-hydrogen) atoms. The van der Waals surface area contributed by atoms with Crippen molar-refractivity contribution in [3.05, 3.63) is 36.4 Å². The van der Waals surface area contributed by atoms with Crippen molar-refractivity contribution in [1.29, 1.82) is 0 Å². The molecule has 2 nitrogen and oxygen atoms in total. The third kappa shape index (κ3) is 4.87. The maximum Gasteiger partial charge on any atom is 0.121 e. The van der Waals surface area contributed by atoms with Gasteiger partial charge >= 0.3 is 0 Å². The summed E-state index contributed by atoms with van der Waals surface area (Å²) in [5.74, 6) is 0.942. The van der Waals surface area contributed by atoms with Crippen LogP contribution in [0.4, 0.5) is 5.69 Å². The van der Waals surface area contributed by atoms with Gasteiger partial charge in [-0.1, -0.05) is 18.2 Å². The van der Waals surface area contributed by atoms with E-state index in [0.29, 0.717) is 0 Å². The van der Waals surface area contributed by atoms with Crippen LogP contribution in [0, 0.1) is 0 Å². The lowest BCUT2D eigenvalue weighted by atomic mass is 10.2. The maximum absolute atomic E-state index is 5.66. The second-order valence-corrected chi connectivity index (χ2v) is 3.69. The molecule has 0 bridgehead atoms. The van der Waals surface area contributed by atoms with Crippen LogP contribution in [0.3, 0.4) is 0 Å². The Bertz CT molecular complexity index is 320. The Balaban J connectivity index is 2.21. The van der Waals surface area contributed by atoms with E-state index in [9.17, 15) is 0 Å². The number of allylic oxidation sites excluding steroid dienone is 2. The first kappa shape index (κ1) is 12.6. The van der Waals surface area contributed by atoms with Crippen molar-refractivity contribution in [2.45, 2.75) is 26.2 Å².